The number of aliphatic carboxylic acids is 2. The Morgan fingerprint density at radius 3 is 2.40 bits per heavy atom. The summed E-state index contributed by atoms with van der Waals surface area (Å²) in [6.07, 6.45) is 7.51. The molecule has 2 N–H and O–H groups in total. The highest BCUT2D eigenvalue weighted by Gasteiger charge is 2.45. The van der Waals surface area contributed by atoms with Crippen LogP contribution in [0.4, 0.5) is 0 Å². The fraction of sp³-hybridized carbons (Fsp3) is 0.875. The zero-order valence-corrected chi connectivity index (χ0v) is 12.3. The molecule has 0 amide bonds. The average Bonchev–Trinajstić information content (AvgIpc) is 2.43. The van der Waals surface area contributed by atoms with E-state index in [1.165, 1.54) is 6.42 Å². The van der Waals surface area contributed by atoms with Crippen LogP contribution in [-0.2, 0) is 9.59 Å². The first-order chi connectivity index (χ1) is 9.52. The number of carbonyl (C=O) groups is 2. The van der Waals surface area contributed by atoms with Crippen LogP contribution in [0.25, 0.3) is 0 Å². The second kappa shape index (κ2) is 6.59. The van der Waals surface area contributed by atoms with Gasteiger partial charge in [0, 0.05) is 0 Å². The first-order valence-electron chi connectivity index (χ1n) is 7.98. The Hall–Kier alpha value is -1.06. The molecule has 2 saturated carbocycles. The Balaban J connectivity index is 2.05. The van der Waals surface area contributed by atoms with Gasteiger partial charge in [-0.05, 0) is 49.9 Å². The van der Waals surface area contributed by atoms with Crippen molar-refractivity contribution in [3.8, 4) is 0 Å². The maximum absolute atomic E-state index is 11.6. The lowest BCUT2D eigenvalue weighted by Gasteiger charge is -2.44. The summed E-state index contributed by atoms with van der Waals surface area (Å²) in [5.74, 6) is -1.07. The number of hydrogen-bond donors (Lipinski definition) is 2. The van der Waals surface area contributed by atoms with E-state index in [1.54, 1.807) is 0 Å². The maximum atomic E-state index is 11.6. The molecule has 4 heteroatoms. The molecule has 0 heterocycles. The molecule has 2 fully saturated rings. The van der Waals surface area contributed by atoms with Gasteiger partial charge in [-0.15, -0.1) is 0 Å². The van der Waals surface area contributed by atoms with Crippen molar-refractivity contribution in [3.05, 3.63) is 0 Å². The number of rotatable bonds is 5. The summed E-state index contributed by atoms with van der Waals surface area (Å²) in [6.45, 7) is 2.17. The van der Waals surface area contributed by atoms with E-state index in [2.05, 4.69) is 6.92 Å². The molecular weight excluding hydrogens is 256 g/mol. The van der Waals surface area contributed by atoms with Gasteiger partial charge < -0.3 is 10.2 Å². The first kappa shape index (κ1) is 15.3. The maximum Gasteiger partial charge on any atom is 0.306 e. The average molecular weight is 282 g/mol. The van der Waals surface area contributed by atoms with E-state index in [0.29, 0.717) is 18.3 Å². The van der Waals surface area contributed by atoms with Crippen LogP contribution >= 0.6 is 0 Å². The minimum absolute atomic E-state index is 0.0835. The smallest absolute Gasteiger partial charge is 0.306 e. The molecule has 0 aromatic carbocycles. The van der Waals surface area contributed by atoms with E-state index in [1.807, 2.05) is 0 Å². The molecule has 0 saturated heterocycles. The van der Waals surface area contributed by atoms with Crippen LogP contribution in [-0.4, -0.2) is 22.2 Å². The van der Waals surface area contributed by atoms with Gasteiger partial charge in [0.15, 0.2) is 0 Å². The normalized spacial score (nSPS) is 37.1. The number of unbranched alkanes of at least 4 members (excludes halogenated alkanes) is 1. The Bertz CT molecular complexity index is 365. The standard InChI is InChI=1S/C16H26O4/c1-2-3-4-10-7-11-5-6-12(15(17)18)9-13(11)14(8-10)16(19)20/h10-14H,2-9H2,1H3,(H,17,18)(H,19,20). The highest BCUT2D eigenvalue weighted by atomic mass is 16.4. The number of carboxylic acid groups (broad SMARTS) is 2. The van der Waals surface area contributed by atoms with E-state index in [4.69, 9.17) is 0 Å². The fourth-order valence-corrected chi connectivity index (χ4v) is 4.35. The van der Waals surface area contributed by atoms with Crippen LogP contribution in [0.3, 0.4) is 0 Å². The van der Waals surface area contributed by atoms with Crippen LogP contribution in [0.5, 0.6) is 0 Å². The zero-order valence-electron chi connectivity index (χ0n) is 12.3. The first-order valence-corrected chi connectivity index (χ1v) is 7.98. The molecule has 5 unspecified atom stereocenters. The number of carboxylic acids is 2. The van der Waals surface area contributed by atoms with Crippen molar-refractivity contribution in [1.82, 2.24) is 0 Å². The molecule has 0 bridgehead atoms. The van der Waals surface area contributed by atoms with Gasteiger partial charge in [-0.1, -0.05) is 26.2 Å². The predicted molar refractivity (Wildman–Crippen MR) is 75.3 cm³/mol. The largest absolute Gasteiger partial charge is 0.481 e. The molecule has 20 heavy (non-hydrogen) atoms. The van der Waals surface area contributed by atoms with Gasteiger partial charge in [0.1, 0.15) is 0 Å². The third kappa shape index (κ3) is 3.33. The van der Waals surface area contributed by atoms with Gasteiger partial charge in [0.25, 0.3) is 0 Å². The molecule has 4 nitrogen and oxygen atoms in total. The van der Waals surface area contributed by atoms with Crippen molar-refractivity contribution in [2.24, 2.45) is 29.6 Å². The second-order valence-corrected chi connectivity index (χ2v) is 6.70. The van der Waals surface area contributed by atoms with Crippen LogP contribution < -0.4 is 0 Å². The quantitative estimate of drug-likeness (QED) is 0.810. The van der Waals surface area contributed by atoms with Gasteiger partial charge in [-0.25, -0.2) is 0 Å². The van der Waals surface area contributed by atoms with E-state index < -0.39 is 11.9 Å². The second-order valence-electron chi connectivity index (χ2n) is 6.70. The summed E-state index contributed by atoms with van der Waals surface area (Å²) in [4.78, 5) is 22.7. The zero-order chi connectivity index (χ0) is 14.7. The molecule has 0 aromatic rings. The minimum atomic E-state index is -0.749. The lowest BCUT2D eigenvalue weighted by atomic mass is 9.60. The SMILES string of the molecule is CCCCC1CC2CCC(C(=O)O)CC2C(C(=O)O)C1. The molecular formula is C16H26O4. The summed E-state index contributed by atoms with van der Waals surface area (Å²) in [7, 11) is 0. The van der Waals surface area contributed by atoms with E-state index in [0.717, 1.165) is 38.5 Å². The van der Waals surface area contributed by atoms with Crippen LogP contribution in [0.2, 0.25) is 0 Å². The molecule has 0 aliphatic heterocycles. The fourth-order valence-electron chi connectivity index (χ4n) is 4.35. The minimum Gasteiger partial charge on any atom is -0.481 e. The van der Waals surface area contributed by atoms with E-state index in [9.17, 15) is 19.8 Å². The van der Waals surface area contributed by atoms with Crippen LogP contribution in [0.1, 0.15) is 58.3 Å². The number of fused-ring (bicyclic) bond motifs is 1. The predicted octanol–water partition coefficient (Wildman–Crippen LogP) is 3.40. The summed E-state index contributed by atoms with van der Waals surface area (Å²) < 4.78 is 0. The van der Waals surface area contributed by atoms with E-state index in [-0.39, 0.29) is 17.8 Å². The molecule has 0 radical (unpaired) electrons. The molecule has 0 aromatic heterocycles. The highest BCUT2D eigenvalue weighted by Crippen LogP contribution is 2.48. The Morgan fingerprint density at radius 1 is 1.05 bits per heavy atom. The summed E-state index contributed by atoms with van der Waals surface area (Å²) in [6, 6.07) is 0. The molecule has 5 atom stereocenters. The molecule has 2 aliphatic rings. The van der Waals surface area contributed by atoms with Gasteiger partial charge >= 0.3 is 11.9 Å². The lowest BCUT2D eigenvalue weighted by Crippen LogP contribution is -2.42. The summed E-state index contributed by atoms with van der Waals surface area (Å²) in [5, 5.41) is 18.7. The van der Waals surface area contributed by atoms with Crippen molar-refractivity contribution in [2.75, 3.05) is 0 Å². The topological polar surface area (TPSA) is 74.6 Å². The van der Waals surface area contributed by atoms with Crippen LogP contribution in [0.15, 0.2) is 0 Å². The number of hydrogen-bond acceptors (Lipinski definition) is 2. The van der Waals surface area contributed by atoms with Crippen molar-refractivity contribution in [1.29, 1.82) is 0 Å². The highest BCUT2D eigenvalue weighted by molar-refractivity contribution is 5.72. The van der Waals surface area contributed by atoms with Crippen molar-refractivity contribution in [3.63, 3.8) is 0 Å². The monoisotopic (exact) mass is 282 g/mol. The molecule has 114 valence electrons. The van der Waals surface area contributed by atoms with Crippen molar-refractivity contribution < 1.29 is 19.8 Å². The third-order valence-electron chi connectivity index (χ3n) is 5.42. The van der Waals surface area contributed by atoms with E-state index >= 15 is 0 Å². The van der Waals surface area contributed by atoms with Crippen molar-refractivity contribution >= 4 is 11.9 Å². The van der Waals surface area contributed by atoms with Crippen molar-refractivity contribution in [2.45, 2.75) is 58.3 Å². The van der Waals surface area contributed by atoms with Gasteiger partial charge in [0.05, 0.1) is 11.8 Å². The third-order valence-corrected chi connectivity index (χ3v) is 5.42. The molecule has 0 spiro atoms. The van der Waals surface area contributed by atoms with Gasteiger partial charge in [-0.2, -0.15) is 0 Å². The van der Waals surface area contributed by atoms with Gasteiger partial charge in [0.2, 0.25) is 0 Å². The summed E-state index contributed by atoms with van der Waals surface area (Å²) in [5.41, 5.74) is 0. The molecule has 2 rings (SSSR count). The lowest BCUT2D eigenvalue weighted by molar-refractivity contribution is -0.153. The van der Waals surface area contributed by atoms with Gasteiger partial charge in [-0.3, -0.25) is 9.59 Å². The Morgan fingerprint density at radius 2 is 1.80 bits per heavy atom. The Labute approximate surface area is 120 Å². The summed E-state index contributed by atoms with van der Waals surface area (Å²) >= 11 is 0. The van der Waals surface area contributed by atoms with Crippen LogP contribution in [0, 0.1) is 29.6 Å². The Kier molecular flexibility index (Phi) is 5.06. The molecule has 2 aliphatic carbocycles.